The van der Waals surface area contributed by atoms with E-state index in [1.54, 1.807) is 7.05 Å². The Balaban J connectivity index is 1.73. The molecule has 0 saturated heterocycles. The number of amides is 1. The summed E-state index contributed by atoms with van der Waals surface area (Å²) in [6, 6.07) is 15.5. The number of carbonyl (C=O) groups excluding carboxylic acids is 2. The highest BCUT2D eigenvalue weighted by Crippen LogP contribution is 2.14. The minimum atomic E-state index is -0.573. The maximum atomic E-state index is 12.2. The highest BCUT2D eigenvalue weighted by molar-refractivity contribution is 5.80. The van der Waals surface area contributed by atoms with Crippen molar-refractivity contribution in [2.24, 2.45) is 0 Å². The van der Waals surface area contributed by atoms with Crippen molar-refractivity contribution in [1.29, 1.82) is 0 Å². The average molecular weight is 384 g/mol. The van der Waals surface area contributed by atoms with E-state index in [2.05, 4.69) is 6.92 Å². The summed E-state index contributed by atoms with van der Waals surface area (Å²) in [5.74, 6) is -0.243. The first-order valence-corrected chi connectivity index (χ1v) is 9.26. The number of nitrogens with zero attached hydrogens (tertiary/aromatic N) is 2. The van der Waals surface area contributed by atoms with Crippen molar-refractivity contribution in [1.82, 2.24) is 4.90 Å². The lowest BCUT2D eigenvalue weighted by molar-refractivity contribution is -0.153. The first-order valence-electron chi connectivity index (χ1n) is 9.26. The van der Waals surface area contributed by atoms with Crippen LogP contribution in [0.15, 0.2) is 48.5 Å². The maximum absolute atomic E-state index is 12.2. The zero-order chi connectivity index (χ0) is 20.5. The van der Waals surface area contributed by atoms with E-state index < -0.39 is 5.97 Å². The van der Waals surface area contributed by atoms with Crippen molar-refractivity contribution >= 4 is 17.6 Å². The van der Waals surface area contributed by atoms with Gasteiger partial charge in [-0.15, -0.1) is 0 Å². The van der Waals surface area contributed by atoms with E-state index in [0.29, 0.717) is 12.3 Å². The SMILES string of the molecule is CCc1ccc(OCC(=O)OCC(=O)N(C)Cc2ccc(N(C)C)cc2)cc1. The van der Waals surface area contributed by atoms with Crippen LogP contribution in [0.1, 0.15) is 18.1 Å². The van der Waals surface area contributed by atoms with Gasteiger partial charge in [-0.05, 0) is 41.8 Å². The van der Waals surface area contributed by atoms with Crippen LogP contribution in [0, 0.1) is 0 Å². The predicted octanol–water partition coefficient (Wildman–Crippen LogP) is 2.90. The normalized spacial score (nSPS) is 10.3. The van der Waals surface area contributed by atoms with E-state index in [-0.39, 0.29) is 19.1 Å². The molecular formula is C22H28N2O4. The number of anilines is 1. The molecule has 0 unspecified atom stereocenters. The third kappa shape index (κ3) is 6.61. The molecule has 150 valence electrons. The lowest BCUT2D eigenvalue weighted by Crippen LogP contribution is -2.31. The predicted molar refractivity (Wildman–Crippen MR) is 110 cm³/mol. The molecule has 2 aromatic carbocycles. The summed E-state index contributed by atoms with van der Waals surface area (Å²) in [4.78, 5) is 27.5. The minimum absolute atomic E-state index is 0.228. The van der Waals surface area contributed by atoms with Gasteiger partial charge in [0.25, 0.3) is 5.91 Å². The minimum Gasteiger partial charge on any atom is -0.482 e. The van der Waals surface area contributed by atoms with Gasteiger partial charge in [0.2, 0.25) is 0 Å². The van der Waals surface area contributed by atoms with Gasteiger partial charge in [-0.25, -0.2) is 4.79 Å². The number of carbonyl (C=O) groups is 2. The molecule has 0 aliphatic carbocycles. The lowest BCUT2D eigenvalue weighted by Gasteiger charge is -2.18. The molecule has 0 aromatic heterocycles. The van der Waals surface area contributed by atoms with Gasteiger partial charge in [0.05, 0.1) is 0 Å². The number of ether oxygens (including phenoxy) is 2. The summed E-state index contributed by atoms with van der Waals surface area (Å²) < 4.78 is 10.4. The molecule has 0 aliphatic heterocycles. The second kappa shape index (κ2) is 10.3. The number of aryl methyl sites for hydroxylation is 1. The quantitative estimate of drug-likeness (QED) is 0.622. The molecule has 0 spiro atoms. The molecule has 0 aliphatic rings. The third-order valence-corrected chi connectivity index (χ3v) is 4.34. The van der Waals surface area contributed by atoms with Crippen LogP contribution in [0.25, 0.3) is 0 Å². The number of benzene rings is 2. The first-order chi connectivity index (χ1) is 13.4. The number of rotatable bonds is 9. The van der Waals surface area contributed by atoms with Gasteiger partial charge in [0.1, 0.15) is 5.75 Å². The third-order valence-electron chi connectivity index (χ3n) is 4.34. The smallest absolute Gasteiger partial charge is 0.344 e. The van der Waals surface area contributed by atoms with E-state index in [9.17, 15) is 9.59 Å². The monoisotopic (exact) mass is 384 g/mol. The first kappa shape index (κ1) is 21.3. The number of esters is 1. The zero-order valence-electron chi connectivity index (χ0n) is 17.0. The fraction of sp³-hybridized carbons (Fsp3) is 0.364. The Morgan fingerprint density at radius 1 is 0.857 bits per heavy atom. The Bertz CT molecular complexity index is 770. The molecule has 6 heteroatoms. The van der Waals surface area contributed by atoms with Gasteiger partial charge in [-0.2, -0.15) is 0 Å². The highest BCUT2D eigenvalue weighted by Gasteiger charge is 2.13. The summed E-state index contributed by atoms with van der Waals surface area (Å²) in [6.45, 7) is 1.99. The van der Waals surface area contributed by atoms with Crippen LogP contribution in [-0.2, 0) is 27.3 Å². The van der Waals surface area contributed by atoms with Crippen LogP contribution in [-0.4, -0.2) is 51.1 Å². The van der Waals surface area contributed by atoms with Gasteiger partial charge in [0, 0.05) is 33.4 Å². The molecule has 2 rings (SSSR count). The van der Waals surface area contributed by atoms with Crippen molar-refractivity contribution < 1.29 is 19.1 Å². The molecule has 0 fully saturated rings. The molecule has 0 bridgehead atoms. The molecule has 0 saturated carbocycles. The van der Waals surface area contributed by atoms with Gasteiger partial charge in [-0.1, -0.05) is 31.2 Å². The molecule has 0 atom stereocenters. The zero-order valence-corrected chi connectivity index (χ0v) is 17.0. The Hall–Kier alpha value is -3.02. The van der Waals surface area contributed by atoms with Gasteiger partial charge in [-0.3, -0.25) is 4.79 Å². The number of likely N-dealkylation sites (N-methyl/N-ethyl adjacent to an activating group) is 1. The Labute approximate surface area is 166 Å². The summed E-state index contributed by atoms with van der Waals surface area (Å²) in [6.07, 6.45) is 0.942. The molecule has 2 aromatic rings. The highest BCUT2D eigenvalue weighted by atomic mass is 16.6. The molecular weight excluding hydrogens is 356 g/mol. The van der Waals surface area contributed by atoms with E-state index >= 15 is 0 Å². The summed E-state index contributed by atoms with van der Waals surface area (Å²) in [5, 5.41) is 0. The second-order valence-corrected chi connectivity index (χ2v) is 6.76. The fourth-order valence-corrected chi connectivity index (χ4v) is 2.52. The Kier molecular flexibility index (Phi) is 7.87. The number of hydrogen-bond donors (Lipinski definition) is 0. The topological polar surface area (TPSA) is 59.1 Å². The molecule has 0 N–H and O–H groups in total. The van der Waals surface area contributed by atoms with Crippen molar-refractivity contribution in [3.63, 3.8) is 0 Å². The largest absolute Gasteiger partial charge is 0.482 e. The van der Waals surface area contributed by atoms with Crippen molar-refractivity contribution in [2.45, 2.75) is 19.9 Å². The maximum Gasteiger partial charge on any atom is 0.344 e. The van der Waals surface area contributed by atoms with Crippen molar-refractivity contribution in [3.05, 3.63) is 59.7 Å². The Morgan fingerprint density at radius 3 is 2.04 bits per heavy atom. The van der Waals surface area contributed by atoms with Crippen LogP contribution >= 0.6 is 0 Å². The molecule has 0 radical (unpaired) electrons. The van der Waals surface area contributed by atoms with Gasteiger partial charge in [0.15, 0.2) is 13.2 Å². The van der Waals surface area contributed by atoms with E-state index in [1.165, 1.54) is 10.5 Å². The summed E-state index contributed by atoms with van der Waals surface area (Å²) >= 11 is 0. The summed E-state index contributed by atoms with van der Waals surface area (Å²) in [7, 11) is 5.63. The lowest BCUT2D eigenvalue weighted by atomic mass is 10.2. The molecule has 0 heterocycles. The van der Waals surface area contributed by atoms with Crippen molar-refractivity contribution in [2.75, 3.05) is 39.3 Å². The standard InChI is InChI=1S/C22H28N2O4/c1-5-17-8-12-20(13-9-17)27-16-22(26)28-15-21(25)24(4)14-18-6-10-19(11-7-18)23(2)3/h6-13H,5,14-16H2,1-4H3. The van der Waals surface area contributed by atoms with Crippen molar-refractivity contribution in [3.8, 4) is 5.75 Å². The Morgan fingerprint density at radius 2 is 1.46 bits per heavy atom. The van der Waals surface area contributed by atoms with Crippen LogP contribution in [0.5, 0.6) is 5.75 Å². The molecule has 28 heavy (non-hydrogen) atoms. The van der Waals surface area contributed by atoms with Crippen LogP contribution in [0.4, 0.5) is 5.69 Å². The van der Waals surface area contributed by atoms with Crippen LogP contribution < -0.4 is 9.64 Å². The summed E-state index contributed by atoms with van der Waals surface area (Å²) in [5.41, 5.74) is 3.29. The van der Waals surface area contributed by atoms with Gasteiger partial charge >= 0.3 is 5.97 Å². The van der Waals surface area contributed by atoms with Crippen LogP contribution in [0.3, 0.4) is 0 Å². The number of hydrogen-bond acceptors (Lipinski definition) is 5. The van der Waals surface area contributed by atoms with Crippen LogP contribution in [0.2, 0.25) is 0 Å². The van der Waals surface area contributed by atoms with E-state index in [0.717, 1.165) is 17.7 Å². The van der Waals surface area contributed by atoms with Gasteiger partial charge < -0.3 is 19.3 Å². The van der Waals surface area contributed by atoms with E-state index in [1.807, 2.05) is 67.5 Å². The second-order valence-electron chi connectivity index (χ2n) is 6.76. The van der Waals surface area contributed by atoms with E-state index in [4.69, 9.17) is 9.47 Å². The average Bonchev–Trinajstić information content (AvgIpc) is 2.71. The molecule has 1 amide bonds. The molecule has 6 nitrogen and oxygen atoms in total. The fourth-order valence-electron chi connectivity index (χ4n) is 2.52.